The van der Waals surface area contributed by atoms with E-state index in [1.54, 1.807) is 17.5 Å². The van der Waals surface area contributed by atoms with Crippen molar-refractivity contribution in [2.45, 2.75) is 19.3 Å². The molecule has 4 heterocycles. The normalized spacial score (nSPS) is 14.2. The number of aromatic amines is 1. The van der Waals surface area contributed by atoms with Crippen LogP contribution in [0.15, 0.2) is 48.8 Å². The first-order valence-electron chi connectivity index (χ1n) is 11.2. The minimum absolute atomic E-state index is 0.0346. The van der Waals surface area contributed by atoms with Crippen molar-refractivity contribution in [2.24, 2.45) is 0 Å². The zero-order chi connectivity index (χ0) is 22.6. The number of carbonyl (C=O) groups excluding carboxylic acids is 2. The van der Waals surface area contributed by atoms with Crippen LogP contribution >= 0.6 is 11.3 Å². The van der Waals surface area contributed by atoms with Crippen LogP contribution < -0.4 is 10.2 Å². The van der Waals surface area contributed by atoms with Gasteiger partial charge in [-0.1, -0.05) is 29.5 Å². The van der Waals surface area contributed by atoms with E-state index in [0.717, 1.165) is 40.5 Å². The summed E-state index contributed by atoms with van der Waals surface area (Å²) in [4.78, 5) is 42.1. The van der Waals surface area contributed by atoms with Crippen LogP contribution in [0.2, 0.25) is 0 Å². The van der Waals surface area contributed by atoms with E-state index >= 15 is 0 Å². The van der Waals surface area contributed by atoms with Gasteiger partial charge >= 0.3 is 0 Å². The molecule has 9 heteroatoms. The first kappa shape index (κ1) is 21.4. The number of para-hydroxylation sites is 1. The van der Waals surface area contributed by atoms with Gasteiger partial charge < -0.3 is 20.1 Å². The number of anilines is 1. The number of carbonyl (C=O) groups is 2. The number of fused-ring (bicyclic) bond motifs is 2. The lowest BCUT2D eigenvalue weighted by atomic mass is 10.1. The highest BCUT2D eigenvalue weighted by atomic mass is 32.1. The van der Waals surface area contributed by atoms with Crippen LogP contribution in [0.4, 0.5) is 5.13 Å². The molecule has 0 atom stereocenters. The molecule has 0 saturated carbocycles. The Morgan fingerprint density at radius 3 is 2.76 bits per heavy atom. The lowest BCUT2D eigenvalue weighted by molar-refractivity contribution is -0.133. The number of H-pyrrole nitrogens is 1. The number of hydrogen-bond donors (Lipinski definition) is 2. The molecule has 0 spiro atoms. The number of benzene rings is 1. The van der Waals surface area contributed by atoms with Crippen molar-refractivity contribution in [1.29, 1.82) is 0 Å². The van der Waals surface area contributed by atoms with Crippen LogP contribution in [0.5, 0.6) is 0 Å². The second kappa shape index (κ2) is 9.58. The van der Waals surface area contributed by atoms with Gasteiger partial charge in [0.1, 0.15) is 10.3 Å². The molecular formula is C24H26N6O2S. The minimum atomic E-state index is -0.0798. The molecule has 1 fully saturated rings. The van der Waals surface area contributed by atoms with Gasteiger partial charge in [0, 0.05) is 68.9 Å². The summed E-state index contributed by atoms with van der Waals surface area (Å²) in [5, 5.41) is 5.07. The molecule has 1 saturated heterocycles. The third-order valence-corrected chi connectivity index (χ3v) is 7.06. The van der Waals surface area contributed by atoms with Crippen molar-refractivity contribution in [2.75, 3.05) is 37.6 Å². The summed E-state index contributed by atoms with van der Waals surface area (Å²) in [5.74, 6) is -0.0452. The molecule has 33 heavy (non-hydrogen) atoms. The second-order valence-corrected chi connectivity index (χ2v) is 9.11. The van der Waals surface area contributed by atoms with E-state index in [0.29, 0.717) is 19.6 Å². The zero-order valence-corrected chi connectivity index (χ0v) is 19.1. The van der Waals surface area contributed by atoms with Crippen LogP contribution in [-0.2, 0) is 16.0 Å². The molecule has 3 aromatic heterocycles. The van der Waals surface area contributed by atoms with Crippen LogP contribution in [0, 0.1) is 0 Å². The van der Waals surface area contributed by atoms with E-state index in [2.05, 4.69) is 31.2 Å². The molecule has 0 radical (unpaired) electrons. The monoisotopic (exact) mass is 462 g/mol. The van der Waals surface area contributed by atoms with E-state index in [9.17, 15) is 9.59 Å². The summed E-state index contributed by atoms with van der Waals surface area (Å²) >= 11 is 1.58. The molecule has 0 bridgehead atoms. The number of rotatable bonds is 7. The molecule has 2 N–H and O–H groups in total. The van der Waals surface area contributed by atoms with E-state index in [4.69, 9.17) is 0 Å². The van der Waals surface area contributed by atoms with Crippen molar-refractivity contribution < 1.29 is 9.59 Å². The highest BCUT2D eigenvalue weighted by Gasteiger charge is 2.23. The Balaban J connectivity index is 1.04. The van der Waals surface area contributed by atoms with Crippen molar-refractivity contribution >= 4 is 49.5 Å². The van der Waals surface area contributed by atoms with Gasteiger partial charge in [0.2, 0.25) is 11.8 Å². The molecule has 5 rings (SSSR count). The van der Waals surface area contributed by atoms with Crippen molar-refractivity contribution in [1.82, 2.24) is 25.2 Å². The number of amides is 2. The van der Waals surface area contributed by atoms with Gasteiger partial charge in [-0.25, -0.2) is 9.97 Å². The molecule has 170 valence electrons. The fraction of sp³-hybridized carbons (Fsp3) is 0.333. The molecule has 0 aliphatic carbocycles. The SMILES string of the molecule is O=C(CCC(=O)N1CCN(c2nc3cccnc3s2)CC1)NCCc1c[nH]c2ccccc12. The van der Waals surface area contributed by atoms with Crippen molar-refractivity contribution in [3.63, 3.8) is 0 Å². The van der Waals surface area contributed by atoms with E-state index in [1.807, 2.05) is 41.4 Å². The molecule has 4 aromatic rings. The molecule has 2 amide bonds. The standard InChI is InChI=1S/C24H26N6O2S/c31-21(25-11-9-17-16-27-19-5-2-1-4-18(17)19)7-8-22(32)29-12-14-30(15-13-29)24-28-20-6-3-10-26-23(20)33-24/h1-6,10,16,27H,7-9,11-15H2,(H,25,31). The Labute approximate surface area is 195 Å². The number of aromatic nitrogens is 3. The predicted octanol–water partition coefficient (Wildman–Crippen LogP) is 2.96. The number of nitrogens with one attached hydrogen (secondary N) is 2. The van der Waals surface area contributed by atoms with Gasteiger partial charge in [-0.05, 0) is 30.2 Å². The largest absolute Gasteiger partial charge is 0.361 e. The average Bonchev–Trinajstić information content (AvgIpc) is 3.47. The maximum atomic E-state index is 12.6. The first-order chi connectivity index (χ1) is 16.2. The quantitative estimate of drug-likeness (QED) is 0.440. The number of pyridine rings is 1. The smallest absolute Gasteiger partial charge is 0.223 e. The molecule has 1 aliphatic heterocycles. The van der Waals surface area contributed by atoms with Crippen LogP contribution in [0.1, 0.15) is 18.4 Å². The van der Waals surface area contributed by atoms with Crippen LogP contribution in [0.25, 0.3) is 21.3 Å². The molecule has 8 nitrogen and oxygen atoms in total. The molecular weight excluding hydrogens is 436 g/mol. The predicted molar refractivity (Wildman–Crippen MR) is 130 cm³/mol. The Bertz CT molecular complexity index is 1240. The lowest BCUT2D eigenvalue weighted by Gasteiger charge is -2.34. The summed E-state index contributed by atoms with van der Waals surface area (Å²) in [6.07, 6.45) is 4.98. The highest BCUT2D eigenvalue weighted by Crippen LogP contribution is 2.27. The minimum Gasteiger partial charge on any atom is -0.361 e. The zero-order valence-electron chi connectivity index (χ0n) is 18.3. The van der Waals surface area contributed by atoms with Gasteiger partial charge in [0.15, 0.2) is 5.13 Å². The Kier molecular flexibility index (Phi) is 6.21. The summed E-state index contributed by atoms with van der Waals surface area (Å²) in [7, 11) is 0. The fourth-order valence-corrected chi connectivity index (χ4v) is 5.14. The van der Waals surface area contributed by atoms with Gasteiger partial charge in [-0.15, -0.1) is 0 Å². The van der Waals surface area contributed by atoms with Crippen LogP contribution in [0.3, 0.4) is 0 Å². The van der Waals surface area contributed by atoms with Crippen molar-refractivity contribution in [3.05, 3.63) is 54.4 Å². The van der Waals surface area contributed by atoms with Gasteiger partial charge in [-0.2, -0.15) is 0 Å². The lowest BCUT2D eigenvalue weighted by Crippen LogP contribution is -2.49. The van der Waals surface area contributed by atoms with E-state index in [1.165, 1.54) is 10.9 Å². The first-order valence-corrected chi connectivity index (χ1v) is 12.0. The topological polar surface area (TPSA) is 94.2 Å². The van der Waals surface area contributed by atoms with E-state index in [-0.39, 0.29) is 24.7 Å². The number of nitrogens with zero attached hydrogens (tertiary/aromatic N) is 4. The van der Waals surface area contributed by atoms with Gasteiger partial charge in [-0.3, -0.25) is 9.59 Å². The molecule has 0 unspecified atom stereocenters. The third-order valence-electron chi connectivity index (χ3n) is 6.02. The summed E-state index contributed by atoms with van der Waals surface area (Å²) in [6, 6.07) is 12.0. The van der Waals surface area contributed by atoms with Crippen molar-refractivity contribution in [3.8, 4) is 0 Å². The Hall–Kier alpha value is -3.46. The van der Waals surface area contributed by atoms with E-state index < -0.39 is 0 Å². The Morgan fingerprint density at radius 2 is 1.91 bits per heavy atom. The number of piperazine rings is 1. The summed E-state index contributed by atoms with van der Waals surface area (Å²) < 4.78 is 0. The average molecular weight is 463 g/mol. The fourth-order valence-electron chi connectivity index (χ4n) is 4.18. The molecule has 1 aromatic carbocycles. The highest BCUT2D eigenvalue weighted by molar-refractivity contribution is 7.21. The number of hydrogen-bond acceptors (Lipinski definition) is 6. The number of thiazole rings is 1. The van der Waals surface area contributed by atoms with Gasteiger partial charge in [0.05, 0.1) is 0 Å². The maximum Gasteiger partial charge on any atom is 0.223 e. The summed E-state index contributed by atoms with van der Waals surface area (Å²) in [6.45, 7) is 3.32. The maximum absolute atomic E-state index is 12.6. The second-order valence-electron chi connectivity index (χ2n) is 8.15. The van der Waals surface area contributed by atoms with Gasteiger partial charge in [0.25, 0.3) is 0 Å². The molecule has 1 aliphatic rings. The summed E-state index contributed by atoms with van der Waals surface area (Å²) in [5.41, 5.74) is 3.19. The van der Waals surface area contributed by atoms with Crippen LogP contribution in [-0.4, -0.2) is 64.4 Å². The Morgan fingerprint density at radius 1 is 1.06 bits per heavy atom. The third kappa shape index (κ3) is 4.83.